The van der Waals surface area contributed by atoms with E-state index in [-0.39, 0.29) is 35.2 Å². The summed E-state index contributed by atoms with van der Waals surface area (Å²) in [6.07, 6.45) is 7.48. The number of carbonyl (C=O) groups is 2. The van der Waals surface area contributed by atoms with Crippen molar-refractivity contribution in [1.29, 1.82) is 0 Å². The van der Waals surface area contributed by atoms with Crippen LogP contribution >= 0.6 is 0 Å². The average Bonchev–Trinajstić information content (AvgIpc) is 3.16. The maximum absolute atomic E-state index is 13.6. The largest absolute Gasteiger partial charge is 0.458 e. The summed E-state index contributed by atoms with van der Waals surface area (Å²) in [6.45, 7) is 4.61. The minimum absolute atomic E-state index is 0.0149. The Balaban J connectivity index is 1.52. The normalized spacial score (nSPS) is 53.1. The number of esters is 1. The molecule has 28 heavy (non-hydrogen) atoms. The molecule has 0 aromatic carbocycles. The lowest BCUT2D eigenvalue weighted by atomic mass is 9.43. The van der Waals surface area contributed by atoms with E-state index >= 15 is 0 Å². The highest BCUT2D eigenvalue weighted by molar-refractivity contribution is 5.86. The standard InChI is InChI=1S/C23H32O5/c1-21-7-5-15(24)10-14(21)3-4-17-20(21)18(25)11-22(2)16(6-8-23(17,22)27)13-9-19(26)28-12-13/h9,14-17,20,24,27H,3-8,10-12H2,1-2H3/t14-,15+,16-,17-,20-,21+,22-,23+/m1/s1. The molecule has 0 bridgehead atoms. The van der Waals surface area contributed by atoms with Gasteiger partial charge in [0, 0.05) is 23.8 Å². The molecule has 0 unspecified atom stereocenters. The third kappa shape index (κ3) is 2.26. The predicted molar refractivity (Wildman–Crippen MR) is 102 cm³/mol. The van der Waals surface area contributed by atoms with E-state index in [9.17, 15) is 19.8 Å². The molecule has 1 aliphatic heterocycles. The molecule has 1 heterocycles. The monoisotopic (exact) mass is 388 g/mol. The number of Topliss-reactive ketones (excluding diaryl/α,β-unsaturated/α-hetero) is 1. The number of cyclic esters (lactones) is 1. The maximum Gasteiger partial charge on any atom is 0.331 e. The fourth-order valence-electron chi connectivity index (χ4n) is 8.18. The minimum Gasteiger partial charge on any atom is -0.458 e. The summed E-state index contributed by atoms with van der Waals surface area (Å²) in [5, 5.41) is 22.2. The highest BCUT2D eigenvalue weighted by atomic mass is 16.5. The molecular formula is C23H32O5. The third-order valence-electron chi connectivity index (χ3n) is 9.65. The van der Waals surface area contributed by atoms with Crippen molar-refractivity contribution in [3.63, 3.8) is 0 Å². The van der Waals surface area contributed by atoms with Crippen LogP contribution in [-0.2, 0) is 14.3 Å². The first-order valence-electron chi connectivity index (χ1n) is 11.0. The van der Waals surface area contributed by atoms with Crippen molar-refractivity contribution in [2.24, 2.45) is 34.5 Å². The van der Waals surface area contributed by atoms with Gasteiger partial charge in [0.2, 0.25) is 0 Å². The molecule has 0 spiro atoms. The zero-order chi connectivity index (χ0) is 19.9. The molecule has 0 aromatic rings. The number of aliphatic hydroxyl groups excluding tert-OH is 1. The van der Waals surface area contributed by atoms with Crippen molar-refractivity contribution in [1.82, 2.24) is 0 Å². The second-order valence-corrected chi connectivity index (χ2v) is 10.7. The van der Waals surface area contributed by atoms with Crippen molar-refractivity contribution < 1.29 is 24.5 Å². The molecule has 5 aliphatic rings. The Morgan fingerprint density at radius 1 is 1.11 bits per heavy atom. The Labute approximate surface area is 166 Å². The van der Waals surface area contributed by atoms with Crippen LogP contribution in [0, 0.1) is 34.5 Å². The van der Waals surface area contributed by atoms with Gasteiger partial charge in [0.25, 0.3) is 0 Å². The summed E-state index contributed by atoms with van der Waals surface area (Å²) < 4.78 is 5.14. The molecule has 5 heteroatoms. The second kappa shape index (κ2) is 5.91. The Kier molecular flexibility index (Phi) is 3.97. The highest BCUT2D eigenvalue weighted by Gasteiger charge is 2.70. The van der Waals surface area contributed by atoms with Crippen molar-refractivity contribution in [3.05, 3.63) is 11.6 Å². The fourth-order valence-corrected chi connectivity index (χ4v) is 8.18. The van der Waals surface area contributed by atoms with Crippen LogP contribution in [0.5, 0.6) is 0 Å². The molecule has 0 aromatic heterocycles. The second-order valence-electron chi connectivity index (χ2n) is 10.7. The third-order valence-corrected chi connectivity index (χ3v) is 9.65. The lowest BCUT2D eigenvalue weighted by Gasteiger charge is -2.62. The van der Waals surface area contributed by atoms with Crippen LogP contribution < -0.4 is 0 Å². The first kappa shape index (κ1) is 18.8. The van der Waals surface area contributed by atoms with Gasteiger partial charge in [0.05, 0.1) is 11.7 Å². The van der Waals surface area contributed by atoms with E-state index in [4.69, 9.17) is 4.74 Å². The quantitative estimate of drug-likeness (QED) is 0.675. The number of hydrogen-bond acceptors (Lipinski definition) is 5. The van der Waals surface area contributed by atoms with Gasteiger partial charge >= 0.3 is 5.97 Å². The molecule has 5 nitrogen and oxygen atoms in total. The topological polar surface area (TPSA) is 83.8 Å². The molecule has 0 radical (unpaired) electrons. The smallest absolute Gasteiger partial charge is 0.331 e. The van der Waals surface area contributed by atoms with Crippen molar-refractivity contribution in [2.75, 3.05) is 6.61 Å². The van der Waals surface area contributed by atoms with Gasteiger partial charge < -0.3 is 14.9 Å². The maximum atomic E-state index is 13.6. The Morgan fingerprint density at radius 2 is 1.89 bits per heavy atom. The minimum atomic E-state index is -0.868. The fraction of sp³-hybridized carbons (Fsp3) is 0.826. The van der Waals surface area contributed by atoms with Gasteiger partial charge in [-0.05, 0) is 73.7 Å². The zero-order valence-corrected chi connectivity index (χ0v) is 16.9. The number of fused-ring (bicyclic) bond motifs is 5. The lowest BCUT2D eigenvalue weighted by Crippen LogP contribution is -2.65. The SMILES string of the molecule is C[C@]12CC[C@H](O)C[C@H]1CC[C@@H]1[C@@H]2C(=O)C[C@]2(C)[C@@H](C3=CC(=O)OC3)CC[C@]12O. The van der Waals surface area contributed by atoms with Crippen LogP contribution in [0.3, 0.4) is 0 Å². The number of ether oxygens (including phenoxy) is 1. The van der Waals surface area contributed by atoms with Crippen molar-refractivity contribution in [2.45, 2.75) is 76.9 Å². The molecule has 4 saturated carbocycles. The summed E-state index contributed by atoms with van der Waals surface area (Å²) in [6, 6.07) is 0. The lowest BCUT2D eigenvalue weighted by molar-refractivity contribution is -0.206. The molecule has 2 N–H and O–H groups in total. The molecule has 4 aliphatic carbocycles. The van der Waals surface area contributed by atoms with E-state index in [0.29, 0.717) is 31.1 Å². The Hall–Kier alpha value is -1.20. The highest BCUT2D eigenvalue weighted by Crippen LogP contribution is 2.68. The molecule has 0 amide bonds. The summed E-state index contributed by atoms with van der Waals surface area (Å²) >= 11 is 0. The molecule has 5 rings (SSSR count). The van der Waals surface area contributed by atoms with E-state index in [0.717, 1.165) is 44.1 Å². The molecule has 0 saturated heterocycles. The van der Waals surface area contributed by atoms with Crippen LogP contribution in [-0.4, -0.2) is 40.3 Å². The summed E-state index contributed by atoms with van der Waals surface area (Å²) in [5.74, 6) is 0.272. The first-order chi connectivity index (χ1) is 13.2. The van der Waals surface area contributed by atoms with E-state index in [1.54, 1.807) is 6.08 Å². The summed E-state index contributed by atoms with van der Waals surface area (Å²) in [5.41, 5.74) is -0.551. The number of rotatable bonds is 1. The number of aliphatic hydroxyl groups is 2. The van der Waals surface area contributed by atoms with Gasteiger partial charge in [0.1, 0.15) is 12.4 Å². The Morgan fingerprint density at radius 3 is 2.61 bits per heavy atom. The van der Waals surface area contributed by atoms with Gasteiger partial charge in [-0.25, -0.2) is 4.79 Å². The number of hydrogen-bond donors (Lipinski definition) is 2. The summed E-state index contributed by atoms with van der Waals surface area (Å²) in [7, 11) is 0. The Bertz CT molecular complexity index is 758. The van der Waals surface area contributed by atoms with Crippen LogP contribution in [0.2, 0.25) is 0 Å². The average molecular weight is 389 g/mol. The van der Waals surface area contributed by atoms with Gasteiger partial charge in [0.15, 0.2) is 0 Å². The molecule has 154 valence electrons. The van der Waals surface area contributed by atoms with Gasteiger partial charge in [-0.1, -0.05) is 13.8 Å². The van der Waals surface area contributed by atoms with Gasteiger partial charge in [-0.15, -0.1) is 0 Å². The van der Waals surface area contributed by atoms with E-state index in [1.165, 1.54) is 0 Å². The van der Waals surface area contributed by atoms with Crippen LogP contribution in [0.4, 0.5) is 0 Å². The van der Waals surface area contributed by atoms with Crippen molar-refractivity contribution in [3.8, 4) is 0 Å². The first-order valence-corrected chi connectivity index (χ1v) is 11.0. The number of ketones is 1. The van der Waals surface area contributed by atoms with Crippen LogP contribution in [0.1, 0.15) is 65.2 Å². The number of carbonyl (C=O) groups excluding carboxylic acids is 2. The molecular weight excluding hydrogens is 356 g/mol. The van der Waals surface area contributed by atoms with E-state index < -0.39 is 11.0 Å². The van der Waals surface area contributed by atoms with E-state index in [1.807, 2.05) is 0 Å². The van der Waals surface area contributed by atoms with Crippen molar-refractivity contribution >= 4 is 11.8 Å². The molecule has 4 fully saturated rings. The van der Waals surface area contributed by atoms with Crippen LogP contribution in [0.25, 0.3) is 0 Å². The van der Waals surface area contributed by atoms with Gasteiger partial charge in [-0.2, -0.15) is 0 Å². The zero-order valence-electron chi connectivity index (χ0n) is 16.9. The van der Waals surface area contributed by atoms with Gasteiger partial charge in [-0.3, -0.25) is 4.79 Å². The van der Waals surface area contributed by atoms with Crippen LogP contribution in [0.15, 0.2) is 11.6 Å². The summed E-state index contributed by atoms with van der Waals surface area (Å²) in [4.78, 5) is 25.2. The molecule has 8 atom stereocenters. The predicted octanol–water partition coefficient (Wildman–Crippen LogP) is 2.78. The van der Waals surface area contributed by atoms with E-state index in [2.05, 4.69) is 13.8 Å².